The molecule has 1 aliphatic heterocycles. The Labute approximate surface area is 125 Å². The number of hydrogen-bond acceptors (Lipinski definition) is 3. The van der Waals surface area contributed by atoms with Gasteiger partial charge in [-0.2, -0.15) is 0 Å². The van der Waals surface area contributed by atoms with Crippen LogP contribution in [0.1, 0.15) is 38.4 Å². The molecule has 0 saturated carbocycles. The molecule has 1 aliphatic rings. The molecule has 1 fully saturated rings. The third kappa shape index (κ3) is 3.33. The number of thiocarbonyl (C=S) groups is 1. The molecule has 2 heterocycles. The molecular formula is C15H21N3OS. The molecular weight excluding hydrogens is 270 g/mol. The summed E-state index contributed by atoms with van der Waals surface area (Å²) in [7, 11) is 0. The molecule has 108 valence electrons. The van der Waals surface area contributed by atoms with E-state index in [0.717, 1.165) is 12.1 Å². The number of nitrogens with zero attached hydrogens (tertiary/aromatic N) is 2. The predicted molar refractivity (Wildman–Crippen MR) is 83.1 cm³/mol. The van der Waals surface area contributed by atoms with Crippen LogP contribution in [0.3, 0.4) is 0 Å². The Bertz CT molecular complexity index is 536. The summed E-state index contributed by atoms with van der Waals surface area (Å²) >= 11 is 4.93. The standard InChI is InChI=1S/C15H21N3OS/c1-15(2,3)11-7-13(19)18(9-11)8-10-4-5-17-12(6-10)14(16)20/h4-6,11H,7-9H2,1-3H3,(H2,16,20). The van der Waals surface area contributed by atoms with E-state index in [1.54, 1.807) is 6.20 Å². The van der Waals surface area contributed by atoms with Crippen molar-refractivity contribution in [2.24, 2.45) is 17.1 Å². The molecule has 0 aliphatic carbocycles. The van der Waals surface area contributed by atoms with Crippen molar-refractivity contribution in [3.8, 4) is 0 Å². The summed E-state index contributed by atoms with van der Waals surface area (Å²) in [4.78, 5) is 18.4. The van der Waals surface area contributed by atoms with Gasteiger partial charge in [0.2, 0.25) is 5.91 Å². The van der Waals surface area contributed by atoms with Gasteiger partial charge in [-0.05, 0) is 29.0 Å². The first-order chi connectivity index (χ1) is 9.27. The van der Waals surface area contributed by atoms with Crippen LogP contribution >= 0.6 is 12.2 Å². The lowest BCUT2D eigenvalue weighted by molar-refractivity contribution is -0.128. The molecule has 2 N–H and O–H groups in total. The fraction of sp³-hybridized carbons (Fsp3) is 0.533. The highest BCUT2D eigenvalue weighted by Crippen LogP contribution is 2.34. The maximum Gasteiger partial charge on any atom is 0.223 e. The maximum absolute atomic E-state index is 12.1. The van der Waals surface area contributed by atoms with Crippen molar-refractivity contribution in [1.82, 2.24) is 9.88 Å². The van der Waals surface area contributed by atoms with Gasteiger partial charge in [0.05, 0.1) is 5.69 Å². The quantitative estimate of drug-likeness (QED) is 0.867. The summed E-state index contributed by atoms with van der Waals surface area (Å²) < 4.78 is 0. The third-order valence-corrected chi connectivity index (χ3v) is 4.10. The molecule has 1 aromatic heterocycles. The fourth-order valence-electron chi connectivity index (χ4n) is 2.43. The first-order valence-electron chi connectivity index (χ1n) is 6.80. The van der Waals surface area contributed by atoms with Gasteiger partial charge in [-0.1, -0.05) is 33.0 Å². The summed E-state index contributed by atoms with van der Waals surface area (Å²) in [5, 5.41) is 0. The van der Waals surface area contributed by atoms with Gasteiger partial charge in [0, 0.05) is 25.7 Å². The van der Waals surface area contributed by atoms with E-state index in [2.05, 4.69) is 25.8 Å². The highest BCUT2D eigenvalue weighted by atomic mass is 32.1. The van der Waals surface area contributed by atoms with E-state index in [1.165, 1.54) is 0 Å². The molecule has 0 bridgehead atoms. The lowest BCUT2D eigenvalue weighted by Crippen LogP contribution is -2.27. The second kappa shape index (κ2) is 5.48. The maximum atomic E-state index is 12.1. The highest BCUT2D eigenvalue weighted by molar-refractivity contribution is 7.80. The lowest BCUT2D eigenvalue weighted by atomic mass is 9.80. The number of likely N-dealkylation sites (tertiary alicyclic amines) is 1. The lowest BCUT2D eigenvalue weighted by Gasteiger charge is -2.26. The van der Waals surface area contributed by atoms with Crippen molar-refractivity contribution in [3.05, 3.63) is 29.6 Å². The van der Waals surface area contributed by atoms with Gasteiger partial charge in [0.1, 0.15) is 4.99 Å². The molecule has 0 radical (unpaired) electrons. The molecule has 5 heteroatoms. The Morgan fingerprint density at radius 1 is 1.55 bits per heavy atom. The Kier molecular flexibility index (Phi) is 4.09. The van der Waals surface area contributed by atoms with Crippen molar-refractivity contribution >= 4 is 23.1 Å². The van der Waals surface area contributed by atoms with Gasteiger partial charge >= 0.3 is 0 Å². The SMILES string of the molecule is CC(C)(C)C1CC(=O)N(Cc2ccnc(C(N)=S)c2)C1. The minimum atomic E-state index is 0.159. The van der Waals surface area contributed by atoms with Crippen LogP contribution in [0.5, 0.6) is 0 Å². The minimum Gasteiger partial charge on any atom is -0.388 e. The second-order valence-electron chi connectivity index (χ2n) is 6.45. The number of carbonyl (C=O) groups excluding carboxylic acids is 1. The molecule has 0 spiro atoms. The molecule has 1 unspecified atom stereocenters. The van der Waals surface area contributed by atoms with Gasteiger partial charge in [0.25, 0.3) is 0 Å². The van der Waals surface area contributed by atoms with Gasteiger partial charge in [0.15, 0.2) is 0 Å². The molecule has 4 nitrogen and oxygen atoms in total. The first kappa shape index (κ1) is 14.9. The number of rotatable bonds is 3. The first-order valence-corrected chi connectivity index (χ1v) is 7.20. The van der Waals surface area contributed by atoms with Crippen LogP contribution in [0.2, 0.25) is 0 Å². The highest BCUT2D eigenvalue weighted by Gasteiger charge is 2.36. The Balaban J connectivity index is 2.09. The summed E-state index contributed by atoms with van der Waals surface area (Å²) in [5.74, 6) is 0.630. The topological polar surface area (TPSA) is 59.2 Å². The largest absolute Gasteiger partial charge is 0.388 e. The minimum absolute atomic E-state index is 0.159. The van der Waals surface area contributed by atoms with Crippen molar-refractivity contribution in [2.45, 2.75) is 33.7 Å². The van der Waals surface area contributed by atoms with Crippen LogP contribution in [-0.2, 0) is 11.3 Å². The fourth-order valence-corrected chi connectivity index (χ4v) is 2.54. The number of pyridine rings is 1. The van der Waals surface area contributed by atoms with Crippen LogP contribution in [0.4, 0.5) is 0 Å². The van der Waals surface area contributed by atoms with Gasteiger partial charge in [-0.3, -0.25) is 9.78 Å². The number of amides is 1. The van der Waals surface area contributed by atoms with Crippen LogP contribution in [0.15, 0.2) is 18.3 Å². The molecule has 1 saturated heterocycles. The van der Waals surface area contributed by atoms with E-state index in [0.29, 0.717) is 24.6 Å². The van der Waals surface area contributed by atoms with Gasteiger partial charge < -0.3 is 10.6 Å². The third-order valence-electron chi connectivity index (χ3n) is 3.89. The second-order valence-corrected chi connectivity index (χ2v) is 6.89. The summed E-state index contributed by atoms with van der Waals surface area (Å²) in [5.41, 5.74) is 7.37. The molecule has 2 rings (SSSR count). The van der Waals surface area contributed by atoms with E-state index < -0.39 is 0 Å². The number of carbonyl (C=O) groups is 1. The van der Waals surface area contributed by atoms with Gasteiger partial charge in [-0.25, -0.2) is 0 Å². The molecule has 20 heavy (non-hydrogen) atoms. The van der Waals surface area contributed by atoms with E-state index in [-0.39, 0.29) is 16.3 Å². The zero-order valence-electron chi connectivity index (χ0n) is 12.2. The van der Waals surface area contributed by atoms with Crippen LogP contribution in [0, 0.1) is 11.3 Å². The molecule has 1 aromatic rings. The summed E-state index contributed by atoms with van der Waals surface area (Å²) in [6, 6.07) is 3.76. The number of hydrogen-bond donors (Lipinski definition) is 1. The van der Waals surface area contributed by atoms with Crippen molar-refractivity contribution in [2.75, 3.05) is 6.54 Å². The van der Waals surface area contributed by atoms with E-state index in [1.807, 2.05) is 17.0 Å². The van der Waals surface area contributed by atoms with Crippen LogP contribution < -0.4 is 5.73 Å². The van der Waals surface area contributed by atoms with Crippen LogP contribution in [-0.4, -0.2) is 27.3 Å². The predicted octanol–water partition coefficient (Wildman–Crippen LogP) is 2.11. The Hall–Kier alpha value is -1.49. The van der Waals surface area contributed by atoms with E-state index in [4.69, 9.17) is 18.0 Å². The van der Waals surface area contributed by atoms with Gasteiger partial charge in [-0.15, -0.1) is 0 Å². The van der Waals surface area contributed by atoms with Crippen molar-refractivity contribution in [1.29, 1.82) is 0 Å². The summed E-state index contributed by atoms with van der Waals surface area (Å²) in [6.07, 6.45) is 2.32. The van der Waals surface area contributed by atoms with Crippen molar-refractivity contribution < 1.29 is 4.79 Å². The zero-order valence-corrected chi connectivity index (χ0v) is 13.0. The zero-order chi connectivity index (χ0) is 14.9. The van der Waals surface area contributed by atoms with Crippen LogP contribution in [0.25, 0.3) is 0 Å². The smallest absolute Gasteiger partial charge is 0.223 e. The Morgan fingerprint density at radius 3 is 2.80 bits per heavy atom. The number of aromatic nitrogens is 1. The average Bonchev–Trinajstić information content (AvgIpc) is 2.71. The van der Waals surface area contributed by atoms with E-state index >= 15 is 0 Å². The molecule has 1 amide bonds. The average molecular weight is 291 g/mol. The van der Waals surface area contributed by atoms with E-state index in [9.17, 15) is 4.79 Å². The monoisotopic (exact) mass is 291 g/mol. The summed E-state index contributed by atoms with van der Waals surface area (Å²) in [6.45, 7) is 7.97. The Morgan fingerprint density at radius 2 is 2.25 bits per heavy atom. The van der Waals surface area contributed by atoms with Crippen molar-refractivity contribution in [3.63, 3.8) is 0 Å². The normalized spacial score (nSPS) is 19.4. The molecule has 1 atom stereocenters. The molecule has 0 aromatic carbocycles. The number of nitrogens with two attached hydrogens (primary N) is 1.